The molecule has 2 aromatic rings. The molecule has 0 fully saturated rings. The van der Waals surface area contributed by atoms with Gasteiger partial charge in [-0.1, -0.05) is 39.7 Å². The van der Waals surface area contributed by atoms with Gasteiger partial charge < -0.3 is 10.1 Å². The van der Waals surface area contributed by atoms with Crippen molar-refractivity contribution in [3.8, 4) is 5.75 Å². The average molecular weight is 341 g/mol. The van der Waals surface area contributed by atoms with Crippen LogP contribution in [0.3, 0.4) is 0 Å². The number of halogens is 2. The highest BCUT2D eigenvalue weighted by atomic mass is 79.9. The van der Waals surface area contributed by atoms with Crippen LogP contribution in [0.4, 0.5) is 5.69 Å². The molecule has 2 aromatic carbocycles. The molecule has 1 N–H and O–H groups in total. The van der Waals surface area contributed by atoms with Crippen molar-refractivity contribution in [3.63, 3.8) is 0 Å². The summed E-state index contributed by atoms with van der Waals surface area (Å²) in [5.74, 6) is 0.908. The molecular formula is C15H15BrClNO. The first-order valence-corrected chi connectivity index (χ1v) is 7.09. The first-order valence-electron chi connectivity index (χ1n) is 5.92. The number of hydrogen-bond donors (Lipinski definition) is 1. The van der Waals surface area contributed by atoms with Crippen LogP contribution in [0.2, 0.25) is 5.02 Å². The van der Waals surface area contributed by atoms with Gasteiger partial charge in [-0.05, 0) is 42.3 Å². The number of benzene rings is 2. The zero-order valence-corrected chi connectivity index (χ0v) is 13.2. The van der Waals surface area contributed by atoms with Gasteiger partial charge in [0.2, 0.25) is 0 Å². The molecule has 0 bridgehead atoms. The zero-order valence-electron chi connectivity index (χ0n) is 10.8. The maximum atomic E-state index is 6.16. The highest BCUT2D eigenvalue weighted by molar-refractivity contribution is 9.10. The molecule has 4 heteroatoms. The topological polar surface area (TPSA) is 21.3 Å². The SMILES string of the molecule is COc1ccc(CNc2ccc(Br)cc2Cl)cc1C. The molecule has 100 valence electrons. The fraction of sp³-hybridized carbons (Fsp3) is 0.200. The van der Waals surface area contributed by atoms with Gasteiger partial charge >= 0.3 is 0 Å². The van der Waals surface area contributed by atoms with Crippen molar-refractivity contribution in [2.24, 2.45) is 0 Å². The average Bonchev–Trinajstić information content (AvgIpc) is 2.38. The minimum Gasteiger partial charge on any atom is -0.496 e. The first kappa shape index (κ1) is 14.2. The smallest absolute Gasteiger partial charge is 0.121 e. The van der Waals surface area contributed by atoms with Crippen LogP contribution in [0.15, 0.2) is 40.9 Å². The Morgan fingerprint density at radius 1 is 1.21 bits per heavy atom. The van der Waals surface area contributed by atoms with Crippen molar-refractivity contribution in [2.75, 3.05) is 12.4 Å². The minimum atomic E-state index is 0.708. The molecule has 0 spiro atoms. The van der Waals surface area contributed by atoms with Gasteiger partial charge in [0, 0.05) is 11.0 Å². The van der Waals surface area contributed by atoms with E-state index in [1.165, 1.54) is 5.56 Å². The van der Waals surface area contributed by atoms with Gasteiger partial charge in [0.15, 0.2) is 0 Å². The van der Waals surface area contributed by atoms with Crippen LogP contribution in [0.25, 0.3) is 0 Å². The van der Waals surface area contributed by atoms with Gasteiger partial charge in [0.1, 0.15) is 5.75 Å². The maximum Gasteiger partial charge on any atom is 0.121 e. The lowest BCUT2D eigenvalue weighted by atomic mass is 10.1. The quantitative estimate of drug-likeness (QED) is 0.842. The summed E-state index contributed by atoms with van der Waals surface area (Å²) in [6.45, 7) is 2.77. The normalized spacial score (nSPS) is 10.3. The number of nitrogens with one attached hydrogen (secondary N) is 1. The van der Waals surface area contributed by atoms with E-state index in [1.54, 1.807) is 7.11 Å². The number of methoxy groups -OCH3 is 1. The zero-order chi connectivity index (χ0) is 13.8. The monoisotopic (exact) mass is 339 g/mol. The molecule has 0 saturated carbocycles. The summed E-state index contributed by atoms with van der Waals surface area (Å²) in [7, 11) is 1.68. The molecule has 19 heavy (non-hydrogen) atoms. The molecule has 0 unspecified atom stereocenters. The number of anilines is 1. The van der Waals surface area contributed by atoms with Crippen LogP contribution in [-0.2, 0) is 6.54 Å². The summed E-state index contributed by atoms with van der Waals surface area (Å²) < 4.78 is 6.22. The summed E-state index contributed by atoms with van der Waals surface area (Å²) in [6, 6.07) is 11.9. The third-order valence-corrected chi connectivity index (χ3v) is 3.68. The van der Waals surface area contributed by atoms with E-state index >= 15 is 0 Å². The Hall–Kier alpha value is -1.19. The predicted octanol–water partition coefficient (Wildman–Crippen LogP) is 5.03. The van der Waals surface area contributed by atoms with Crippen LogP contribution in [0.1, 0.15) is 11.1 Å². The van der Waals surface area contributed by atoms with Crippen molar-refractivity contribution < 1.29 is 4.74 Å². The predicted molar refractivity (Wildman–Crippen MR) is 84.2 cm³/mol. The summed E-state index contributed by atoms with van der Waals surface area (Å²) in [5, 5.41) is 4.04. The number of ether oxygens (including phenoxy) is 1. The molecule has 0 radical (unpaired) electrons. The van der Waals surface area contributed by atoms with Crippen molar-refractivity contribution >= 4 is 33.2 Å². The first-order chi connectivity index (χ1) is 9.10. The fourth-order valence-electron chi connectivity index (χ4n) is 1.88. The second-order valence-corrected chi connectivity index (χ2v) is 5.60. The number of hydrogen-bond acceptors (Lipinski definition) is 2. The molecule has 0 amide bonds. The van der Waals surface area contributed by atoms with Gasteiger partial charge in [0.05, 0.1) is 17.8 Å². The van der Waals surface area contributed by atoms with Gasteiger partial charge in [0.25, 0.3) is 0 Å². The Kier molecular flexibility index (Phi) is 4.72. The molecule has 2 nitrogen and oxygen atoms in total. The molecule has 0 aliphatic rings. The molecule has 0 aromatic heterocycles. The van der Waals surface area contributed by atoms with Crippen LogP contribution in [0.5, 0.6) is 5.75 Å². The van der Waals surface area contributed by atoms with E-state index in [9.17, 15) is 0 Å². The lowest BCUT2D eigenvalue weighted by molar-refractivity contribution is 0.411. The standard InChI is InChI=1S/C15H15BrClNO/c1-10-7-11(3-6-15(10)19-2)9-18-14-5-4-12(16)8-13(14)17/h3-8,18H,9H2,1-2H3. The van der Waals surface area contributed by atoms with Crippen LogP contribution in [0, 0.1) is 6.92 Å². The van der Waals surface area contributed by atoms with Gasteiger partial charge in [-0.25, -0.2) is 0 Å². The summed E-state index contributed by atoms with van der Waals surface area (Å²) >= 11 is 9.55. The van der Waals surface area contributed by atoms with Crippen LogP contribution in [-0.4, -0.2) is 7.11 Å². The van der Waals surface area contributed by atoms with Crippen molar-refractivity contribution in [1.82, 2.24) is 0 Å². The molecule has 0 heterocycles. The van der Waals surface area contributed by atoms with E-state index in [1.807, 2.05) is 37.3 Å². The summed E-state index contributed by atoms with van der Waals surface area (Å²) in [5.41, 5.74) is 3.25. The van der Waals surface area contributed by atoms with E-state index in [0.29, 0.717) is 5.02 Å². The van der Waals surface area contributed by atoms with Crippen molar-refractivity contribution in [3.05, 3.63) is 57.0 Å². The third-order valence-electron chi connectivity index (χ3n) is 2.87. The summed E-state index contributed by atoms with van der Waals surface area (Å²) in [6.07, 6.45) is 0. The van der Waals surface area contributed by atoms with E-state index < -0.39 is 0 Å². The van der Waals surface area contributed by atoms with Crippen molar-refractivity contribution in [2.45, 2.75) is 13.5 Å². The number of aryl methyl sites for hydroxylation is 1. The van der Waals surface area contributed by atoms with Crippen LogP contribution < -0.4 is 10.1 Å². The van der Waals surface area contributed by atoms with Gasteiger partial charge in [-0.2, -0.15) is 0 Å². The Bertz CT molecular complexity index is 586. The lowest BCUT2D eigenvalue weighted by Gasteiger charge is -2.11. The van der Waals surface area contributed by atoms with E-state index in [2.05, 4.69) is 27.3 Å². The maximum absolute atomic E-state index is 6.16. The van der Waals surface area contributed by atoms with Crippen molar-refractivity contribution in [1.29, 1.82) is 0 Å². The molecule has 0 aliphatic carbocycles. The second kappa shape index (κ2) is 6.31. The highest BCUT2D eigenvalue weighted by Gasteiger charge is 2.03. The molecular weight excluding hydrogens is 326 g/mol. The third kappa shape index (κ3) is 3.64. The Morgan fingerprint density at radius 2 is 2.00 bits per heavy atom. The molecule has 0 saturated heterocycles. The highest BCUT2D eigenvalue weighted by Crippen LogP contribution is 2.26. The molecule has 0 atom stereocenters. The Balaban J connectivity index is 2.08. The van der Waals surface area contributed by atoms with E-state index in [4.69, 9.17) is 16.3 Å². The van der Waals surface area contributed by atoms with Gasteiger partial charge in [-0.3, -0.25) is 0 Å². The largest absolute Gasteiger partial charge is 0.496 e. The fourth-order valence-corrected chi connectivity index (χ4v) is 2.62. The minimum absolute atomic E-state index is 0.708. The van der Waals surface area contributed by atoms with E-state index in [-0.39, 0.29) is 0 Å². The Labute approximate surface area is 126 Å². The lowest BCUT2D eigenvalue weighted by Crippen LogP contribution is -2.00. The Morgan fingerprint density at radius 3 is 2.63 bits per heavy atom. The summed E-state index contributed by atoms with van der Waals surface area (Å²) in [4.78, 5) is 0. The molecule has 0 aliphatic heterocycles. The number of rotatable bonds is 4. The van der Waals surface area contributed by atoms with E-state index in [0.717, 1.165) is 28.0 Å². The second-order valence-electron chi connectivity index (χ2n) is 4.28. The molecule has 2 rings (SSSR count). The van der Waals surface area contributed by atoms with Crippen LogP contribution >= 0.6 is 27.5 Å². The van der Waals surface area contributed by atoms with Gasteiger partial charge in [-0.15, -0.1) is 0 Å².